The minimum Gasteiger partial charge on any atom is -0.478 e. The molecule has 0 atom stereocenters. The van der Waals surface area contributed by atoms with Crippen LogP contribution in [0.25, 0.3) is 0 Å². The molecule has 0 saturated carbocycles. The summed E-state index contributed by atoms with van der Waals surface area (Å²) in [6, 6.07) is 1.75. The van der Waals surface area contributed by atoms with Crippen molar-refractivity contribution in [2.45, 2.75) is 32.7 Å². The van der Waals surface area contributed by atoms with Gasteiger partial charge in [0.05, 0.1) is 17.9 Å². The summed E-state index contributed by atoms with van der Waals surface area (Å²) in [4.78, 5) is 17.2. The number of ether oxygens (including phenoxy) is 1. The van der Waals surface area contributed by atoms with Crippen molar-refractivity contribution in [3.05, 3.63) is 17.8 Å². The van der Waals surface area contributed by atoms with E-state index >= 15 is 0 Å². The van der Waals surface area contributed by atoms with E-state index in [0.29, 0.717) is 30.7 Å². The molecule has 0 aromatic carbocycles. The first-order chi connectivity index (χ1) is 9.54. The standard InChI is InChI=1S/C14H23N3O3/c1-4-11(5-2)17(6-7-20-3)13-12(15)8-10(9-16-13)14(18)19/h8-9,11H,4-7,15H2,1-3H3,(H,18,19). The Morgan fingerprint density at radius 3 is 2.60 bits per heavy atom. The number of carboxylic acids is 1. The number of hydrogen-bond donors (Lipinski definition) is 2. The number of rotatable bonds is 8. The molecule has 0 unspecified atom stereocenters. The van der Waals surface area contributed by atoms with Gasteiger partial charge in [-0.25, -0.2) is 9.78 Å². The molecule has 0 amide bonds. The highest BCUT2D eigenvalue weighted by Gasteiger charge is 2.20. The molecule has 0 saturated heterocycles. The fraction of sp³-hybridized carbons (Fsp3) is 0.571. The van der Waals surface area contributed by atoms with E-state index in [9.17, 15) is 4.79 Å². The topological polar surface area (TPSA) is 88.7 Å². The maximum absolute atomic E-state index is 10.9. The lowest BCUT2D eigenvalue weighted by Gasteiger charge is -2.32. The Balaban J connectivity index is 3.09. The highest BCUT2D eigenvalue weighted by Crippen LogP contribution is 2.25. The third-order valence-corrected chi connectivity index (χ3v) is 3.33. The van der Waals surface area contributed by atoms with Crippen LogP contribution < -0.4 is 10.6 Å². The highest BCUT2D eigenvalue weighted by atomic mass is 16.5. The predicted molar refractivity (Wildman–Crippen MR) is 79.2 cm³/mol. The number of anilines is 2. The van der Waals surface area contributed by atoms with Crippen LogP contribution in [0.15, 0.2) is 12.3 Å². The Hall–Kier alpha value is -1.82. The van der Waals surface area contributed by atoms with Gasteiger partial charge in [0.1, 0.15) is 0 Å². The number of aromatic nitrogens is 1. The molecule has 0 bridgehead atoms. The first-order valence-corrected chi connectivity index (χ1v) is 6.79. The number of methoxy groups -OCH3 is 1. The van der Waals surface area contributed by atoms with E-state index in [4.69, 9.17) is 15.6 Å². The third kappa shape index (κ3) is 3.84. The maximum atomic E-state index is 10.9. The molecule has 6 nitrogen and oxygen atoms in total. The molecule has 1 heterocycles. The van der Waals surface area contributed by atoms with Crippen LogP contribution in [0.1, 0.15) is 37.0 Å². The second kappa shape index (κ2) is 7.69. The molecule has 0 radical (unpaired) electrons. The average Bonchev–Trinajstić information content (AvgIpc) is 2.43. The molecular weight excluding hydrogens is 258 g/mol. The van der Waals surface area contributed by atoms with Gasteiger partial charge in [-0.1, -0.05) is 13.8 Å². The van der Waals surface area contributed by atoms with Gasteiger partial charge in [0.2, 0.25) is 0 Å². The van der Waals surface area contributed by atoms with Crippen molar-refractivity contribution in [1.29, 1.82) is 0 Å². The highest BCUT2D eigenvalue weighted by molar-refractivity contribution is 5.89. The molecule has 0 aliphatic rings. The molecule has 0 fully saturated rings. The van der Waals surface area contributed by atoms with Gasteiger partial charge in [-0.05, 0) is 18.9 Å². The molecule has 3 N–H and O–H groups in total. The second-order valence-electron chi connectivity index (χ2n) is 4.60. The minimum atomic E-state index is -1.03. The van der Waals surface area contributed by atoms with Crippen LogP contribution in [-0.2, 0) is 4.74 Å². The smallest absolute Gasteiger partial charge is 0.337 e. The largest absolute Gasteiger partial charge is 0.478 e. The molecular formula is C14H23N3O3. The summed E-state index contributed by atoms with van der Waals surface area (Å²) >= 11 is 0. The normalized spacial score (nSPS) is 10.8. The minimum absolute atomic E-state index is 0.0995. The van der Waals surface area contributed by atoms with E-state index in [1.165, 1.54) is 12.3 Å². The van der Waals surface area contributed by atoms with Gasteiger partial charge in [-0.3, -0.25) is 0 Å². The summed E-state index contributed by atoms with van der Waals surface area (Å²) in [5.74, 6) is -0.400. The van der Waals surface area contributed by atoms with Crippen molar-refractivity contribution in [3.63, 3.8) is 0 Å². The van der Waals surface area contributed by atoms with Crippen molar-refractivity contribution >= 4 is 17.5 Å². The number of nitrogens with zero attached hydrogens (tertiary/aromatic N) is 2. The Morgan fingerprint density at radius 2 is 2.15 bits per heavy atom. The fourth-order valence-electron chi connectivity index (χ4n) is 2.21. The van der Waals surface area contributed by atoms with Gasteiger partial charge < -0.3 is 20.5 Å². The molecule has 1 aromatic heterocycles. The molecule has 20 heavy (non-hydrogen) atoms. The number of nitrogens with two attached hydrogens (primary N) is 1. The van der Waals surface area contributed by atoms with E-state index in [1.807, 2.05) is 0 Å². The number of hydrogen-bond acceptors (Lipinski definition) is 5. The number of nitrogen functional groups attached to an aromatic ring is 1. The average molecular weight is 281 g/mol. The summed E-state index contributed by atoms with van der Waals surface area (Å²) in [6.45, 7) is 5.45. The van der Waals surface area contributed by atoms with E-state index in [-0.39, 0.29) is 5.56 Å². The van der Waals surface area contributed by atoms with Gasteiger partial charge >= 0.3 is 5.97 Å². The zero-order valence-corrected chi connectivity index (χ0v) is 12.3. The van der Waals surface area contributed by atoms with Gasteiger partial charge in [-0.2, -0.15) is 0 Å². The van der Waals surface area contributed by atoms with E-state index in [2.05, 4.69) is 23.7 Å². The Bertz CT molecular complexity index is 447. The van der Waals surface area contributed by atoms with Gasteiger partial charge in [0.15, 0.2) is 5.82 Å². The van der Waals surface area contributed by atoms with Crippen LogP contribution in [0.2, 0.25) is 0 Å². The molecule has 0 aliphatic heterocycles. The van der Waals surface area contributed by atoms with Crippen molar-refractivity contribution < 1.29 is 14.6 Å². The Morgan fingerprint density at radius 1 is 1.50 bits per heavy atom. The molecule has 0 aliphatic carbocycles. The molecule has 0 spiro atoms. The first-order valence-electron chi connectivity index (χ1n) is 6.79. The van der Waals surface area contributed by atoms with Crippen LogP contribution in [-0.4, -0.2) is 42.4 Å². The second-order valence-corrected chi connectivity index (χ2v) is 4.60. The number of carbonyl (C=O) groups is 1. The van der Waals surface area contributed by atoms with Crippen molar-refractivity contribution in [2.75, 3.05) is 30.9 Å². The zero-order valence-electron chi connectivity index (χ0n) is 12.3. The van der Waals surface area contributed by atoms with Crippen molar-refractivity contribution in [1.82, 2.24) is 4.98 Å². The van der Waals surface area contributed by atoms with Gasteiger partial charge in [0, 0.05) is 25.9 Å². The van der Waals surface area contributed by atoms with Crippen LogP contribution in [0, 0.1) is 0 Å². The van der Waals surface area contributed by atoms with E-state index in [1.54, 1.807) is 7.11 Å². The first kappa shape index (κ1) is 16.2. The third-order valence-electron chi connectivity index (χ3n) is 3.33. The van der Waals surface area contributed by atoms with Crippen LogP contribution in [0.5, 0.6) is 0 Å². The number of aromatic carboxylic acids is 1. The SMILES string of the molecule is CCC(CC)N(CCOC)c1ncc(C(=O)O)cc1N. The lowest BCUT2D eigenvalue weighted by Crippen LogP contribution is -2.38. The molecule has 6 heteroatoms. The van der Waals surface area contributed by atoms with Gasteiger partial charge in [-0.15, -0.1) is 0 Å². The zero-order chi connectivity index (χ0) is 15.1. The quantitative estimate of drug-likeness (QED) is 0.757. The van der Waals surface area contributed by atoms with Crippen molar-refractivity contribution in [2.24, 2.45) is 0 Å². The maximum Gasteiger partial charge on any atom is 0.337 e. The summed E-state index contributed by atoms with van der Waals surface area (Å²) < 4.78 is 5.13. The number of carboxylic acid groups (broad SMARTS) is 1. The molecule has 112 valence electrons. The summed E-state index contributed by atoms with van der Waals surface area (Å²) in [7, 11) is 1.65. The summed E-state index contributed by atoms with van der Waals surface area (Å²) in [6.07, 6.45) is 3.26. The van der Waals surface area contributed by atoms with Crippen LogP contribution >= 0.6 is 0 Å². The molecule has 1 rings (SSSR count). The fourth-order valence-corrected chi connectivity index (χ4v) is 2.21. The summed E-state index contributed by atoms with van der Waals surface area (Å²) in [5.41, 5.74) is 6.45. The Kier molecular flexibility index (Phi) is 6.24. The number of pyridine rings is 1. The van der Waals surface area contributed by atoms with Gasteiger partial charge in [0.25, 0.3) is 0 Å². The lowest BCUT2D eigenvalue weighted by atomic mass is 10.1. The monoisotopic (exact) mass is 281 g/mol. The molecule has 1 aromatic rings. The van der Waals surface area contributed by atoms with Crippen LogP contribution in [0.4, 0.5) is 11.5 Å². The van der Waals surface area contributed by atoms with E-state index in [0.717, 1.165) is 12.8 Å². The van der Waals surface area contributed by atoms with E-state index < -0.39 is 5.97 Å². The Labute approximate surface area is 119 Å². The predicted octanol–water partition coefficient (Wildman–Crippen LogP) is 2.00. The van der Waals surface area contributed by atoms with Crippen LogP contribution in [0.3, 0.4) is 0 Å². The van der Waals surface area contributed by atoms with Crippen molar-refractivity contribution in [3.8, 4) is 0 Å². The summed E-state index contributed by atoms with van der Waals surface area (Å²) in [5, 5.41) is 8.95. The lowest BCUT2D eigenvalue weighted by molar-refractivity contribution is 0.0696.